The lowest BCUT2D eigenvalue weighted by Crippen LogP contribution is -2.53. The Morgan fingerprint density at radius 2 is 1.74 bits per heavy atom. The number of carbonyl (C=O) groups excluding carboxylic acids is 2. The van der Waals surface area contributed by atoms with Crippen LogP contribution in [0.4, 0.5) is 5.69 Å². The predicted octanol–water partition coefficient (Wildman–Crippen LogP) is 4.53. The largest absolute Gasteiger partial charge is 0.354 e. The van der Waals surface area contributed by atoms with Gasteiger partial charge in [0.15, 0.2) is 0 Å². The molecule has 10 heteroatoms. The number of nitrogens with one attached hydrogen (secondary N) is 1. The van der Waals surface area contributed by atoms with E-state index in [1.54, 1.807) is 0 Å². The van der Waals surface area contributed by atoms with Crippen LogP contribution >= 0.6 is 23.2 Å². The highest BCUT2D eigenvalue weighted by Crippen LogP contribution is 2.30. The predicted molar refractivity (Wildman–Crippen MR) is 143 cm³/mol. The summed E-state index contributed by atoms with van der Waals surface area (Å²) in [6.45, 7) is 4.12. The van der Waals surface area contributed by atoms with E-state index in [4.69, 9.17) is 23.2 Å². The number of nitrogens with zero attached hydrogens (tertiary/aromatic N) is 2. The molecule has 2 rings (SSSR count). The van der Waals surface area contributed by atoms with Crippen LogP contribution in [0.15, 0.2) is 48.5 Å². The van der Waals surface area contributed by atoms with Gasteiger partial charge < -0.3 is 10.2 Å². The van der Waals surface area contributed by atoms with Crippen LogP contribution in [0.1, 0.15) is 38.7 Å². The number of amides is 2. The van der Waals surface area contributed by atoms with Crippen LogP contribution in [0.2, 0.25) is 10.0 Å². The fourth-order valence-corrected chi connectivity index (χ4v) is 4.96. The molecule has 0 heterocycles. The molecule has 0 aliphatic heterocycles. The van der Waals surface area contributed by atoms with Crippen molar-refractivity contribution in [2.75, 3.05) is 30.2 Å². The normalized spacial score (nSPS) is 12.1. The maximum atomic E-state index is 13.6. The molecular formula is C25H33Cl2N3O4S. The molecule has 0 aliphatic rings. The van der Waals surface area contributed by atoms with Gasteiger partial charge in [-0.2, -0.15) is 0 Å². The molecule has 0 bridgehead atoms. The monoisotopic (exact) mass is 541 g/mol. The van der Waals surface area contributed by atoms with Crippen molar-refractivity contribution < 1.29 is 18.0 Å². The SMILES string of the molecule is CCCCNC(=O)[C@@H](CC)N(CCc1ccccc1)C(=O)CN(c1cc(Cl)ccc1Cl)S(C)(=O)=O. The van der Waals surface area contributed by atoms with Crippen LogP contribution in [0, 0.1) is 0 Å². The van der Waals surface area contributed by atoms with E-state index in [1.807, 2.05) is 44.2 Å². The fourth-order valence-electron chi connectivity index (χ4n) is 3.67. The first-order chi connectivity index (χ1) is 16.6. The minimum absolute atomic E-state index is 0.110. The highest BCUT2D eigenvalue weighted by Gasteiger charge is 2.32. The summed E-state index contributed by atoms with van der Waals surface area (Å²) >= 11 is 12.3. The summed E-state index contributed by atoms with van der Waals surface area (Å²) in [6.07, 6.45) is 3.66. The van der Waals surface area contributed by atoms with Crippen molar-refractivity contribution in [2.24, 2.45) is 0 Å². The second-order valence-corrected chi connectivity index (χ2v) is 11.0. The molecule has 0 aromatic heterocycles. The quantitative estimate of drug-likeness (QED) is 0.377. The minimum atomic E-state index is -3.88. The van der Waals surface area contributed by atoms with Crippen LogP contribution in [-0.4, -0.2) is 57.1 Å². The fraction of sp³-hybridized carbons (Fsp3) is 0.440. The van der Waals surface area contributed by atoms with Gasteiger partial charge in [-0.15, -0.1) is 0 Å². The average Bonchev–Trinajstić information content (AvgIpc) is 2.81. The summed E-state index contributed by atoms with van der Waals surface area (Å²) in [5.74, 6) is -0.756. The Kier molecular flexibility index (Phi) is 11.3. The number of carbonyl (C=O) groups is 2. The summed E-state index contributed by atoms with van der Waals surface area (Å²) in [4.78, 5) is 28.0. The maximum Gasteiger partial charge on any atom is 0.244 e. The Bertz CT molecular complexity index is 1100. The molecule has 1 N–H and O–H groups in total. The molecule has 0 spiro atoms. The van der Waals surface area contributed by atoms with Crippen LogP contribution < -0.4 is 9.62 Å². The van der Waals surface area contributed by atoms with Gasteiger partial charge in [0.25, 0.3) is 0 Å². The second kappa shape index (κ2) is 13.7. The second-order valence-electron chi connectivity index (χ2n) is 8.26. The Hall–Kier alpha value is -2.29. The van der Waals surface area contributed by atoms with Gasteiger partial charge in [-0.3, -0.25) is 13.9 Å². The zero-order chi connectivity index (χ0) is 26.0. The van der Waals surface area contributed by atoms with Gasteiger partial charge in [-0.1, -0.05) is 73.8 Å². The molecule has 0 radical (unpaired) electrons. The molecule has 7 nitrogen and oxygen atoms in total. The highest BCUT2D eigenvalue weighted by molar-refractivity contribution is 7.92. The van der Waals surface area contributed by atoms with E-state index >= 15 is 0 Å². The van der Waals surface area contributed by atoms with Gasteiger partial charge in [0, 0.05) is 18.1 Å². The van der Waals surface area contributed by atoms with Crippen LogP contribution in [0.3, 0.4) is 0 Å². The van der Waals surface area contributed by atoms with E-state index < -0.39 is 28.5 Å². The lowest BCUT2D eigenvalue weighted by Gasteiger charge is -2.33. The Balaban J connectivity index is 2.37. The van der Waals surface area contributed by atoms with E-state index in [0.717, 1.165) is 29.0 Å². The summed E-state index contributed by atoms with van der Waals surface area (Å²) in [6, 6.07) is 13.3. The van der Waals surface area contributed by atoms with Gasteiger partial charge in [-0.25, -0.2) is 8.42 Å². The molecule has 0 aliphatic carbocycles. The third-order valence-electron chi connectivity index (χ3n) is 5.56. The van der Waals surface area contributed by atoms with Gasteiger partial charge >= 0.3 is 0 Å². The molecule has 2 amide bonds. The van der Waals surface area contributed by atoms with Crippen LogP contribution in [-0.2, 0) is 26.0 Å². The van der Waals surface area contributed by atoms with Crippen LogP contribution in [0.5, 0.6) is 0 Å². The summed E-state index contributed by atoms with van der Waals surface area (Å²) in [7, 11) is -3.88. The smallest absolute Gasteiger partial charge is 0.244 e. The Morgan fingerprint density at radius 3 is 2.34 bits per heavy atom. The molecular weight excluding hydrogens is 509 g/mol. The van der Waals surface area contributed by atoms with Crippen molar-refractivity contribution in [3.05, 3.63) is 64.1 Å². The molecule has 1 atom stereocenters. The number of rotatable bonds is 13. The van der Waals surface area contributed by atoms with Crippen molar-refractivity contribution in [2.45, 2.75) is 45.6 Å². The zero-order valence-corrected chi connectivity index (χ0v) is 22.7. The Morgan fingerprint density at radius 1 is 1.06 bits per heavy atom. The minimum Gasteiger partial charge on any atom is -0.354 e. The molecule has 2 aromatic carbocycles. The van der Waals surface area contributed by atoms with Gasteiger partial charge in [0.1, 0.15) is 12.6 Å². The van der Waals surface area contributed by atoms with Crippen molar-refractivity contribution >= 4 is 50.7 Å². The molecule has 35 heavy (non-hydrogen) atoms. The third kappa shape index (κ3) is 8.70. The number of anilines is 1. The topological polar surface area (TPSA) is 86.8 Å². The van der Waals surface area contributed by atoms with Gasteiger partial charge in [0.2, 0.25) is 21.8 Å². The first-order valence-electron chi connectivity index (χ1n) is 11.6. The molecule has 0 saturated carbocycles. The first-order valence-corrected chi connectivity index (χ1v) is 14.2. The van der Waals surface area contributed by atoms with Crippen molar-refractivity contribution in [3.63, 3.8) is 0 Å². The number of sulfonamides is 1. The molecule has 0 unspecified atom stereocenters. The van der Waals surface area contributed by atoms with E-state index in [1.165, 1.54) is 23.1 Å². The van der Waals surface area contributed by atoms with E-state index in [0.29, 0.717) is 19.4 Å². The molecule has 2 aromatic rings. The zero-order valence-electron chi connectivity index (χ0n) is 20.3. The third-order valence-corrected chi connectivity index (χ3v) is 7.24. The summed E-state index contributed by atoms with van der Waals surface area (Å²) in [5.41, 5.74) is 1.11. The molecule has 0 saturated heterocycles. The number of halogens is 2. The maximum absolute atomic E-state index is 13.6. The van der Waals surface area contributed by atoms with E-state index in [9.17, 15) is 18.0 Å². The van der Waals surface area contributed by atoms with E-state index in [2.05, 4.69) is 5.32 Å². The lowest BCUT2D eigenvalue weighted by atomic mass is 10.1. The number of hydrogen-bond acceptors (Lipinski definition) is 4. The lowest BCUT2D eigenvalue weighted by molar-refractivity contribution is -0.139. The van der Waals surface area contributed by atoms with Crippen molar-refractivity contribution in [3.8, 4) is 0 Å². The number of hydrogen-bond donors (Lipinski definition) is 1. The Labute approximate surface area is 218 Å². The van der Waals surface area contributed by atoms with Crippen molar-refractivity contribution in [1.29, 1.82) is 0 Å². The number of benzene rings is 2. The molecule has 0 fully saturated rings. The number of unbranched alkanes of at least 4 members (excludes halogenated alkanes) is 1. The first kappa shape index (κ1) is 28.9. The van der Waals surface area contributed by atoms with E-state index in [-0.39, 0.29) is 28.2 Å². The summed E-state index contributed by atoms with van der Waals surface area (Å²) in [5, 5.41) is 3.33. The standard InChI is InChI=1S/C25H33Cl2N3O4S/c1-4-6-15-28-25(32)22(5-2)29(16-14-19-10-8-7-9-11-19)24(31)18-30(35(3,33)34)23-17-20(26)12-13-21(23)27/h7-13,17,22H,4-6,14-16,18H2,1-3H3,(H,28,32)/t22-/m1/s1. The average molecular weight is 543 g/mol. The highest BCUT2D eigenvalue weighted by atomic mass is 35.5. The van der Waals surface area contributed by atoms with Crippen LogP contribution in [0.25, 0.3) is 0 Å². The molecule has 192 valence electrons. The van der Waals surface area contributed by atoms with Gasteiger partial charge in [-0.05, 0) is 43.0 Å². The summed E-state index contributed by atoms with van der Waals surface area (Å²) < 4.78 is 26.2. The van der Waals surface area contributed by atoms with Gasteiger partial charge in [0.05, 0.1) is 17.0 Å². The van der Waals surface area contributed by atoms with Crippen molar-refractivity contribution in [1.82, 2.24) is 10.2 Å².